The molecule has 0 unspecified atom stereocenters. The van der Waals surface area contributed by atoms with Crippen LogP contribution in [0.1, 0.15) is 18.4 Å². The number of amides is 2. The summed E-state index contributed by atoms with van der Waals surface area (Å²) in [6.45, 7) is 0.945. The van der Waals surface area contributed by atoms with Gasteiger partial charge in [0, 0.05) is 19.0 Å². The molecule has 0 aliphatic carbocycles. The Morgan fingerprint density at radius 2 is 2.05 bits per heavy atom. The molecule has 118 valence electrons. The first-order chi connectivity index (χ1) is 10.6. The summed E-state index contributed by atoms with van der Waals surface area (Å²) in [4.78, 5) is 35.7. The van der Waals surface area contributed by atoms with Crippen LogP contribution in [0.2, 0.25) is 0 Å². The average molecular weight is 303 g/mol. The van der Waals surface area contributed by atoms with Gasteiger partial charge in [-0.05, 0) is 25.5 Å². The Morgan fingerprint density at radius 3 is 2.64 bits per heavy atom. The molecule has 1 heterocycles. The van der Waals surface area contributed by atoms with Crippen LogP contribution in [0.4, 0.5) is 0 Å². The van der Waals surface area contributed by atoms with E-state index in [1.807, 2.05) is 30.3 Å². The molecule has 1 aliphatic rings. The van der Waals surface area contributed by atoms with Gasteiger partial charge in [-0.1, -0.05) is 30.3 Å². The molecule has 1 aliphatic heterocycles. The molecule has 0 spiro atoms. The minimum Gasteiger partial charge on any atom is -0.356 e. The summed E-state index contributed by atoms with van der Waals surface area (Å²) in [5.74, 6) is -1.40. The molecule has 1 aromatic carbocycles. The monoisotopic (exact) mass is 303 g/mol. The predicted molar refractivity (Wildman–Crippen MR) is 81.9 cm³/mol. The molecule has 6 nitrogen and oxygen atoms in total. The predicted octanol–water partition coefficient (Wildman–Crippen LogP) is -0.0139. The van der Waals surface area contributed by atoms with Crippen molar-refractivity contribution in [1.82, 2.24) is 16.0 Å². The Balaban J connectivity index is 1.87. The minimum absolute atomic E-state index is 0.0438. The van der Waals surface area contributed by atoms with E-state index in [1.165, 1.54) is 0 Å². The number of hydrogen-bond acceptors (Lipinski definition) is 4. The third kappa shape index (κ3) is 4.14. The van der Waals surface area contributed by atoms with Crippen molar-refractivity contribution in [3.63, 3.8) is 0 Å². The molecular formula is C16H21N3O3. The van der Waals surface area contributed by atoms with Crippen molar-refractivity contribution in [2.75, 3.05) is 13.6 Å². The second-order valence-corrected chi connectivity index (χ2v) is 5.39. The minimum atomic E-state index is -0.635. The van der Waals surface area contributed by atoms with Gasteiger partial charge in [-0.15, -0.1) is 0 Å². The zero-order chi connectivity index (χ0) is 15.9. The van der Waals surface area contributed by atoms with Crippen LogP contribution in [0.25, 0.3) is 0 Å². The summed E-state index contributed by atoms with van der Waals surface area (Å²) in [6.07, 6.45) is 1.05. The number of benzene rings is 1. The molecule has 0 saturated carbocycles. The highest BCUT2D eigenvalue weighted by atomic mass is 16.2. The Kier molecular flexibility index (Phi) is 5.66. The number of carbonyl (C=O) groups excluding carboxylic acids is 3. The third-order valence-corrected chi connectivity index (χ3v) is 3.87. The summed E-state index contributed by atoms with van der Waals surface area (Å²) in [6, 6.07) is 8.76. The Hall–Kier alpha value is -2.21. The summed E-state index contributed by atoms with van der Waals surface area (Å²) in [5.41, 5.74) is 0.930. The van der Waals surface area contributed by atoms with Crippen molar-refractivity contribution in [1.29, 1.82) is 0 Å². The van der Waals surface area contributed by atoms with E-state index >= 15 is 0 Å². The van der Waals surface area contributed by atoms with E-state index in [0.717, 1.165) is 5.56 Å². The third-order valence-electron chi connectivity index (χ3n) is 3.87. The van der Waals surface area contributed by atoms with E-state index < -0.39 is 17.7 Å². The van der Waals surface area contributed by atoms with E-state index in [0.29, 0.717) is 25.9 Å². The maximum atomic E-state index is 12.2. The summed E-state index contributed by atoms with van der Waals surface area (Å²) >= 11 is 0. The van der Waals surface area contributed by atoms with E-state index in [2.05, 4.69) is 16.0 Å². The van der Waals surface area contributed by atoms with Gasteiger partial charge in [0.1, 0.15) is 0 Å². The fourth-order valence-electron chi connectivity index (χ4n) is 2.53. The van der Waals surface area contributed by atoms with Gasteiger partial charge >= 0.3 is 0 Å². The molecular weight excluding hydrogens is 282 g/mol. The number of ketones is 1. The number of Topliss-reactive ketones (excluding diaryl/α,β-unsaturated/α-hetero) is 1. The van der Waals surface area contributed by atoms with Crippen LogP contribution in [0.3, 0.4) is 0 Å². The molecule has 1 fully saturated rings. The Labute approximate surface area is 129 Å². The first-order valence-electron chi connectivity index (χ1n) is 7.42. The summed E-state index contributed by atoms with van der Waals surface area (Å²) in [7, 11) is 1.62. The first-order valence-corrected chi connectivity index (χ1v) is 7.42. The van der Waals surface area contributed by atoms with Crippen LogP contribution in [0, 0.1) is 5.92 Å². The number of likely N-dealkylation sites (N-methyl/N-ethyl adjacent to an activating group) is 1. The van der Waals surface area contributed by atoms with Crippen LogP contribution in [0.5, 0.6) is 0 Å². The van der Waals surface area contributed by atoms with Gasteiger partial charge in [-0.3, -0.25) is 14.4 Å². The molecule has 2 atom stereocenters. The van der Waals surface area contributed by atoms with Gasteiger partial charge in [0.25, 0.3) is 5.91 Å². The van der Waals surface area contributed by atoms with E-state index in [9.17, 15) is 14.4 Å². The van der Waals surface area contributed by atoms with Gasteiger partial charge in [0.15, 0.2) is 0 Å². The molecule has 1 aromatic rings. The highest BCUT2D eigenvalue weighted by Gasteiger charge is 2.31. The second kappa shape index (κ2) is 7.70. The molecule has 1 saturated heterocycles. The van der Waals surface area contributed by atoms with E-state index in [4.69, 9.17) is 0 Å². The average Bonchev–Trinajstić information content (AvgIpc) is 2.95. The highest BCUT2D eigenvalue weighted by molar-refractivity contribution is 6.38. The van der Waals surface area contributed by atoms with Gasteiger partial charge in [0.2, 0.25) is 11.7 Å². The Morgan fingerprint density at radius 1 is 1.32 bits per heavy atom. The quantitative estimate of drug-likeness (QED) is 0.618. The fraction of sp³-hybridized carbons (Fsp3) is 0.438. The van der Waals surface area contributed by atoms with Gasteiger partial charge in [0.05, 0.1) is 6.04 Å². The van der Waals surface area contributed by atoms with Crippen LogP contribution in [0.15, 0.2) is 30.3 Å². The molecule has 2 rings (SSSR count). The lowest BCUT2D eigenvalue weighted by atomic mass is 9.95. The van der Waals surface area contributed by atoms with Crippen molar-refractivity contribution in [2.45, 2.75) is 25.4 Å². The topological polar surface area (TPSA) is 87.3 Å². The zero-order valence-corrected chi connectivity index (χ0v) is 12.6. The van der Waals surface area contributed by atoms with Gasteiger partial charge in [-0.25, -0.2) is 0 Å². The lowest BCUT2D eigenvalue weighted by molar-refractivity contribution is -0.139. The molecule has 22 heavy (non-hydrogen) atoms. The molecule has 2 amide bonds. The number of nitrogens with one attached hydrogen (secondary N) is 3. The maximum Gasteiger partial charge on any atom is 0.289 e. The highest BCUT2D eigenvalue weighted by Crippen LogP contribution is 2.16. The number of carbonyl (C=O) groups is 3. The second-order valence-electron chi connectivity index (χ2n) is 5.39. The fourth-order valence-corrected chi connectivity index (χ4v) is 2.53. The van der Waals surface area contributed by atoms with E-state index in [-0.39, 0.29) is 11.8 Å². The lowest BCUT2D eigenvalue weighted by Crippen LogP contribution is -2.45. The standard InChI is InChI=1S/C16H21N3O3/c1-17-13(9-12-7-8-18-15(12)21)14(20)16(22)19-10-11-5-3-2-4-6-11/h2-6,12-13,17H,7-10H2,1H3,(H,18,21)(H,19,22)/t12-,13-/m0/s1. The molecule has 0 aromatic heterocycles. The van der Waals surface area contributed by atoms with Crippen molar-refractivity contribution in [2.24, 2.45) is 5.92 Å². The van der Waals surface area contributed by atoms with Crippen molar-refractivity contribution < 1.29 is 14.4 Å². The normalized spacial score (nSPS) is 18.6. The molecule has 3 N–H and O–H groups in total. The smallest absolute Gasteiger partial charge is 0.289 e. The van der Waals surface area contributed by atoms with Gasteiger partial charge in [-0.2, -0.15) is 0 Å². The van der Waals surface area contributed by atoms with Crippen LogP contribution in [-0.2, 0) is 20.9 Å². The largest absolute Gasteiger partial charge is 0.356 e. The molecule has 0 radical (unpaired) electrons. The number of hydrogen-bond donors (Lipinski definition) is 3. The van der Waals surface area contributed by atoms with Crippen LogP contribution < -0.4 is 16.0 Å². The molecule has 6 heteroatoms. The van der Waals surface area contributed by atoms with Crippen molar-refractivity contribution >= 4 is 17.6 Å². The van der Waals surface area contributed by atoms with Crippen molar-refractivity contribution in [3.8, 4) is 0 Å². The summed E-state index contributed by atoms with van der Waals surface area (Å²) < 4.78 is 0. The summed E-state index contributed by atoms with van der Waals surface area (Å²) in [5, 5.41) is 8.19. The van der Waals surface area contributed by atoms with Crippen LogP contribution >= 0.6 is 0 Å². The zero-order valence-electron chi connectivity index (χ0n) is 12.6. The maximum absolute atomic E-state index is 12.2. The first kappa shape index (κ1) is 16.2. The van der Waals surface area contributed by atoms with E-state index in [1.54, 1.807) is 7.05 Å². The Bertz CT molecular complexity index is 545. The lowest BCUT2D eigenvalue weighted by Gasteiger charge is -2.17. The SMILES string of the molecule is CN[C@@H](C[C@@H]1CCNC1=O)C(=O)C(=O)NCc1ccccc1. The van der Waals surface area contributed by atoms with Crippen molar-refractivity contribution in [3.05, 3.63) is 35.9 Å². The number of rotatable bonds is 7. The molecule has 0 bridgehead atoms. The van der Waals surface area contributed by atoms with Crippen LogP contribution in [-0.4, -0.2) is 37.2 Å². The van der Waals surface area contributed by atoms with Gasteiger partial charge < -0.3 is 16.0 Å².